The molecule has 0 aliphatic rings. The lowest BCUT2D eigenvalue weighted by Crippen LogP contribution is -2.01. The van der Waals surface area contributed by atoms with Crippen molar-refractivity contribution < 1.29 is 4.74 Å². The Hall–Kier alpha value is -1.97. The first-order chi connectivity index (χ1) is 8.15. The van der Waals surface area contributed by atoms with Gasteiger partial charge in [0.1, 0.15) is 5.75 Å². The summed E-state index contributed by atoms with van der Waals surface area (Å²) in [6.07, 6.45) is 4.70. The third-order valence-electron chi connectivity index (χ3n) is 2.67. The molecule has 2 N–H and O–H groups in total. The van der Waals surface area contributed by atoms with Gasteiger partial charge in [-0.3, -0.25) is 4.68 Å². The van der Waals surface area contributed by atoms with Crippen molar-refractivity contribution in [2.75, 3.05) is 12.3 Å². The second kappa shape index (κ2) is 4.91. The number of nitrogen functional groups attached to an aromatic ring is 1. The van der Waals surface area contributed by atoms with Gasteiger partial charge in [-0.1, -0.05) is 6.07 Å². The maximum Gasteiger partial charge on any atom is 0.121 e. The van der Waals surface area contributed by atoms with E-state index in [9.17, 15) is 0 Å². The summed E-state index contributed by atoms with van der Waals surface area (Å²) < 4.78 is 7.43. The normalized spacial score (nSPS) is 10.5. The van der Waals surface area contributed by atoms with Gasteiger partial charge in [0.05, 0.1) is 12.8 Å². The van der Waals surface area contributed by atoms with Crippen LogP contribution in [0.3, 0.4) is 0 Å². The second-order valence-corrected chi connectivity index (χ2v) is 4.14. The lowest BCUT2D eigenvalue weighted by atomic mass is 10.2. The summed E-state index contributed by atoms with van der Waals surface area (Å²) in [6.45, 7) is 2.61. The minimum atomic E-state index is 0.633. The van der Waals surface area contributed by atoms with Crippen molar-refractivity contribution in [3.05, 3.63) is 41.7 Å². The molecule has 0 amide bonds. The number of anilines is 1. The summed E-state index contributed by atoms with van der Waals surface area (Å²) in [6, 6.07) is 5.77. The number of nitrogens with zero attached hydrogens (tertiary/aromatic N) is 2. The minimum absolute atomic E-state index is 0.633. The Morgan fingerprint density at radius 3 is 2.88 bits per heavy atom. The summed E-state index contributed by atoms with van der Waals surface area (Å²) in [5, 5.41) is 4.11. The number of aryl methyl sites for hydroxylation is 2. The van der Waals surface area contributed by atoms with E-state index in [0.717, 1.165) is 23.4 Å². The summed E-state index contributed by atoms with van der Waals surface area (Å²) in [5.41, 5.74) is 8.83. The first kappa shape index (κ1) is 11.5. The number of benzene rings is 1. The van der Waals surface area contributed by atoms with Gasteiger partial charge in [-0.25, -0.2) is 0 Å². The van der Waals surface area contributed by atoms with Gasteiger partial charge in [0, 0.05) is 31.4 Å². The molecule has 90 valence electrons. The van der Waals surface area contributed by atoms with Crippen molar-refractivity contribution in [1.29, 1.82) is 0 Å². The van der Waals surface area contributed by atoms with Gasteiger partial charge >= 0.3 is 0 Å². The largest absolute Gasteiger partial charge is 0.493 e. The van der Waals surface area contributed by atoms with E-state index >= 15 is 0 Å². The van der Waals surface area contributed by atoms with Crippen molar-refractivity contribution in [1.82, 2.24) is 9.78 Å². The van der Waals surface area contributed by atoms with Crippen molar-refractivity contribution in [3.63, 3.8) is 0 Å². The Labute approximate surface area is 101 Å². The number of ether oxygens (including phenoxy) is 1. The zero-order valence-corrected chi connectivity index (χ0v) is 10.2. The molecule has 0 saturated heterocycles. The summed E-state index contributed by atoms with van der Waals surface area (Å²) >= 11 is 0. The first-order valence-corrected chi connectivity index (χ1v) is 5.61. The SMILES string of the molecule is Cc1ccc(OCCc2cnn(C)c2)cc1N. The van der Waals surface area contributed by atoms with Crippen LogP contribution < -0.4 is 10.5 Å². The molecule has 0 radical (unpaired) electrons. The molecule has 1 heterocycles. The standard InChI is InChI=1S/C13H17N3O/c1-10-3-4-12(7-13(10)14)17-6-5-11-8-15-16(2)9-11/h3-4,7-9H,5-6,14H2,1-2H3. The van der Waals surface area contributed by atoms with E-state index in [0.29, 0.717) is 6.61 Å². The van der Waals surface area contributed by atoms with Crippen LogP contribution in [0.15, 0.2) is 30.6 Å². The second-order valence-electron chi connectivity index (χ2n) is 4.14. The summed E-state index contributed by atoms with van der Waals surface area (Å²) in [7, 11) is 1.91. The van der Waals surface area contributed by atoms with Crippen molar-refractivity contribution in [2.24, 2.45) is 7.05 Å². The average Bonchev–Trinajstić information content (AvgIpc) is 2.70. The molecule has 0 saturated carbocycles. The van der Waals surface area contributed by atoms with Crippen molar-refractivity contribution >= 4 is 5.69 Å². The number of hydrogen-bond donors (Lipinski definition) is 1. The fourth-order valence-corrected chi connectivity index (χ4v) is 1.60. The predicted molar refractivity (Wildman–Crippen MR) is 68.0 cm³/mol. The molecule has 2 aromatic rings. The first-order valence-electron chi connectivity index (χ1n) is 5.61. The van der Waals surface area contributed by atoms with Gasteiger partial charge < -0.3 is 10.5 Å². The van der Waals surface area contributed by atoms with Crippen molar-refractivity contribution in [2.45, 2.75) is 13.3 Å². The molecule has 0 spiro atoms. The van der Waals surface area contributed by atoms with Crippen LogP contribution in [-0.4, -0.2) is 16.4 Å². The van der Waals surface area contributed by atoms with Crippen LogP contribution in [0.4, 0.5) is 5.69 Å². The Balaban J connectivity index is 1.87. The van der Waals surface area contributed by atoms with Gasteiger partial charge in [-0.15, -0.1) is 0 Å². The molecular weight excluding hydrogens is 214 g/mol. The lowest BCUT2D eigenvalue weighted by Gasteiger charge is -2.07. The van der Waals surface area contributed by atoms with Gasteiger partial charge in [0.2, 0.25) is 0 Å². The van der Waals surface area contributed by atoms with Crippen LogP contribution >= 0.6 is 0 Å². The smallest absolute Gasteiger partial charge is 0.121 e. The maximum absolute atomic E-state index is 5.81. The number of nitrogens with two attached hydrogens (primary N) is 1. The molecule has 1 aromatic carbocycles. The number of hydrogen-bond acceptors (Lipinski definition) is 3. The van der Waals surface area contributed by atoms with E-state index in [2.05, 4.69) is 5.10 Å². The van der Waals surface area contributed by atoms with Crippen LogP contribution in [0.1, 0.15) is 11.1 Å². The summed E-state index contributed by atoms with van der Waals surface area (Å²) in [5.74, 6) is 0.817. The molecule has 0 bridgehead atoms. The monoisotopic (exact) mass is 231 g/mol. The molecule has 0 aliphatic heterocycles. The predicted octanol–water partition coefficient (Wildman–Crippen LogP) is 1.93. The molecule has 1 aromatic heterocycles. The minimum Gasteiger partial charge on any atom is -0.493 e. The highest BCUT2D eigenvalue weighted by Gasteiger charge is 1.99. The van der Waals surface area contributed by atoms with Gasteiger partial charge in [0.15, 0.2) is 0 Å². The quantitative estimate of drug-likeness (QED) is 0.818. The highest BCUT2D eigenvalue weighted by atomic mass is 16.5. The number of rotatable bonds is 4. The van der Waals surface area contributed by atoms with Crippen molar-refractivity contribution in [3.8, 4) is 5.75 Å². The molecule has 17 heavy (non-hydrogen) atoms. The van der Waals surface area contributed by atoms with Crippen LogP contribution in [0.2, 0.25) is 0 Å². The molecule has 0 aliphatic carbocycles. The van der Waals surface area contributed by atoms with E-state index in [1.54, 1.807) is 4.68 Å². The molecular formula is C13H17N3O. The van der Waals surface area contributed by atoms with E-state index in [4.69, 9.17) is 10.5 Å². The molecule has 0 fully saturated rings. The van der Waals surface area contributed by atoms with Gasteiger partial charge in [-0.2, -0.15) is 5.10 Å². The van der Waals surface area contributed by atoms with E-state index in [1.165, 1.54) is 5.56 Å². The van der Waals surface area contributed by atoms with E-state index in [-0.39, 0.29) is 0 Å². The lowest BCUT2D eigenvalue weighted by molar-refractivity contribution is 0.322. The Kier molecular flexibility index (Phi) is 3.32. The highest BCUT2D eigenvalue weighted by molar-refractivity contribution is 5.50. The molecule has 4 heteroatoms. The molecule has 4 nitrogen and oxygen atoms in total. The van der Waals surface area contributed by atoms with Crippen LogP contribution in [0.25, 0.3) is 0 Å². The van der Waals surface area contributed by atoms with Crippen LogP contribution in [0.5, 0.6) is 5.75 Å². The Bertz CT molecular complexity index is 505. The maximum atomic E-state index is 5.81. The third-order valence-corrected chi connectivity index (χ3v) is 2.67. The fourth-order valence-electron chi connectivity index (χ4n) is 1.60. The Morgan fingerprint density at radius 2 is 2.24 bits per heavy atom. The zero-order valence-electron chi connectivity index (χ0n) is 10.2. The van der Waals surface area contributed by atoms with E-state index < -0.39 is 0 Å². The third kappa shape index (κ3) is 3.00. The topological polar surface area (TPSA) is 53.1 Å². The zero-order chi connectivity index (χ0) is 12.3. The average molecular weight is 231 g/mol. The van der Waals surface area contributed by atoms with Gasteiger partial charge in [0.25, 0.3) is 0 Å². The summed E-state index contributed by atoms with van der Waals surface area (Å²) in [4.78, 5) is 0. The molecule has 0 unspecified atom stereocenters. The van der Waals surface area contributed by atoms with E-state index in [1.807, 2.05) is 44.6 Å². The van der Waals surface area contributed by atoms with Gasteiger partial charge in [-0.05, 0) is 24.1 Å². The van der Waals surface area contributed by atoms with Crippen LogP contribution in [0, 0.1) is 6.92 Å². The van der Waals surface area contributed by atoms with Crippen LogP contribution in [-0.2, 0) is 13.5 Å². The molecule has 0 atom stereocenters. The highest BCUT2D eigenvalue weighted by Crippen LogP contribution is 2.19. The molecule has 2 rings (SSSR count). The Morgan fingerprint density at radius 1 is 1.41 bits per heavy atom. The number of aromatic nitrogens is 2. The fraction of sp³-hybridized carbons (Fsp3) is 0.308.